The topological polar surface area (TPSA) is 36.3 Å². The first-order valence-corrected chi connectivity index (χ1v) is 8.37. The summed E-state index contributed by atoms with van der Waals surface area (Å²) in [4.78, 5) is 0. The standard InChI is InChI=1S/C18H14BrF3N2O2/c1-24-14(10-17(23-24)12-2-4-13(19)5-3-12)11-25-15-6-8-16(9-7-15)26-18(20,21)22/h2-10H,11H2,1H3. The summed E-state index contributed by atoms with van der Waals surface area (Å²) in [7, 11) is 1.81. The first kappa shape index (κ1) is 18.3. The third kappa shape index (κ3) is 4.78. The molecular weight excluding hydrogens is 413 g/mol. The van der Waals surface area contributed by atoms with Gasteiger partial charge >= 0.3 is 6.36 Å². The molecule has 3 rings (SSSR count). The van der Waals surface area contributed by atoms with Gasteiger partial charge in [-0.05, 0) is 42.5 Å². The van der Waals surface area contributed by atoms with Crippen LogP contribution in [0.25, 0.3) is 11.3 Å². The normalized spacial score (nSPS) is 11.4. The highest BCUT2D eigenvalue weighted by Gasteiger charge is 2.30. The lowest BCUT2D eigenvalue weighted by Crippen LogP contribution is -2.16. The van der Waals surface area contributed by atoms with Crippen LogP contribution in [0.3, 0.4) is 0 Å². The minimum Gasteiger partial charge on any atom is -0.487 e. The summed E-state index contributed by atoms with van der Waals surface area (Å²) in [6.45, 7) is 0.236. The Morgan fingerprint density at radius 1 is 1.00 bits per heavy atom. The Kier molecular flexibility index (Phi) is 5.22. The lowest BCUT2D eigenvalue weighted by atomic mass is 10.1. The number of halogens is 4. The van der Waals surface area contributed by atoms with E-state index in [-0.39, 0.29) is 12.4 Å². The number of ether oxygens (including phenoxy) is 2. The molecule has 0 aliphatic heterocycles. The van der Waals surface area contributed by atoms with E-state index in [9.17, 15) is 13.2 Å². The van der Waals surface area contributed by atoms with Gasteiger partial charge in [0, 0.05) is 17.1 Å². The number of rotatable bonds is 5. The van der Waals surface area contributed by atoms with Gasteiger partial charge < -0.3 is 9.47 Å². The summed E-state index contributed by atoms with van der Waals surface area (Å²) < 4.78 is 48.6. The van der Waals surface area contributed by atoms with Crippen molar-refractivity contribution < 1.29 is 22.6 Å². The third-order valence-electron chi connectivity index (χ3n) is 3.56. The summed E-state index contributed by atoms with van der Waals surface area (Å²) in [5.74, 6) is 0.147. The first-order valence-electron chi connectivity index (χ1n) is 7.58. The molecule has 0 aliphatic rings. The molecule has 4 nitrogen and oxygen atoms in total. The minimum absolute atomic E-state index is 0.236. The van der Waals surface area contributed by atoms with Gasteiger partial charge in [0.2, 0.25) is 0 Å². The summed E-state index contributed by atoms with van der Waals surface area (Å²) in [5, 5.41) is 4.45. The van der Waals surface area contributed by atoms with E-state index < -0.39 is 6.36 Å². The molecule has 1 heterocycles. The Balaban J connectivity index is 1.65. The predicted octanol–water partition coefficient (Wildman–Crippen LogP) is 5.33. The summed E-state index contributed by atoms with van der Waals surface area (Å²) in [6.07, 6.45) is -4.71. The molecule has 0 unspecified atom stereocenters. The van der Waals surface area contributed by atoms with E-state index in [1.165, 1.54) is 24.3 Å². The number of benzene rings is 2. The van der Waals surface area contributed by atoms with Crippen LogP contribution in [0.2, 0.25) is 0 Å². The molecule has 0 N–H and O–H groups in total. The van der Waals surface area contributed by atoms with Crippen LogP contribution in [0.1, 0.15) is 5.69 Å². The monoisotopic (exact) mass is 426 g/mol. The van der Waals surface area contributed by atoms with Crippen molar-refractivity contribution >= 4 is 15.9 Å². The second-order valence-electron chi connectivity index (χ2n) is 5.46. The molecule has 0 saturated carbocycles. The summed E-state index contributed by atoms with van der Waals surface area (Å²) >= 11 is 3.39. The van der Waals surface area contributed by atoms with E-state index in [1.54, 1.807) is 11.7 Å². The van der Waals surface area contributed by atoms with Gasteiger partial charge in [-0.15, -0.1) is 13.2 Å². The van der Waals surface area contributed by atoms with Crippen molar-refractivity contribution in [2.75, 3.05) is 0 Å². The highest BCUT2D eigenvalue weighted by molar-refractivity contribution is 9.10. The molecule has 0 radical (unpaired) electrons. The molecule has 0 bridgehead atoms. The predicted molar refractivity (Wildman–Crippen MR) is 93.8 cm³/mol. The van der Waals surface area contributed by atoms with Gasteiger partial charge in [0.25, 0.3) is 0 Å². The van der Waals surface area contributed by atoms with Crippen LogP contribution >= 0.6 is 15.9 Å². The van der Waals surface area contributed by atoms with Gasteiger partial charge in [-0.1, -0.05) is 28.1 Å². The van der Waals surface area contributed by atoms with Crippen LogP contribution in [0.4, 0.5) is 13.2 Å². The molecule has 0 amide bonds. The van der Waals surface area contributed by atoms with Gasteiger partial charge in [-0.3, -0.25) is 4.68 Å². The van der Waals surface area contributed by atoms with Crippen LogP contribution in [0.5, 0.6) is 11.5 Å². The van der Waals surface area contributed by atoms with Crippen molar-refractivity contribution in [2.24, 2.45) is 7.05 Å². The van der Waals surface area contributed by atoms with Gasteiger partial charge in [0.1, 0.15) is 18.1 Å². The molecule has 26 heavy (non-hydrogen) atoms. The van der Waals surface area contributed by atoms with Crippen molar-refractivity contribution in [3.63, 3.8) is 0 Å². The summed E-state index contributed by atoms with van der Waals surface area (Å²) in [6, 6.07) is 14.9. The fourth-order valence-corrected chi connectivity index (χ4v) is 2.56. The average molecular weight is 427 g/mol. The molecule has 8 heteroatoms. The molecule has 0 atom stereocenters. The SMILES string of the molecule is Cn1nc(-c2ccc(Br)cc2)cc1COc1ccc(OC(F)(F)F)cc1. The molecule has 2 aromatic carbocycles. The molecular formula is C18H14BrF3N2O2. The molecule has 1 aromatic heterocycles. The molecule has 136 valence electrons. The number of aryl methyl sites for hydroxylation is 1. The van der Waals surface area contributed by atoms with Crippen LogP contribution in [0.15, 0.2) is 59.1 Å². The lowest BCUT2D eigenvalue weighted by molar-refractivity contribution is -0.274. The van der Waals surface area contributed by atoms with E-state index in [2.05, 4.69) is 25.8 Å². The Morgan fingerprint density at radius 3 is 2.23 bits per heavy atom. The third-order valence-corrected chi connectivity index (χ3v) is 4.09. The fraction of sp³-hybridized carbons (Fsp3) is 0.167. The van der Waals surface area contributed by atoms with Crippen LogP contribution in [-0.4, -0.2) is 16.1 Å². The maximum absolute atomic E-state index is 12.2. The Morgan fingerprint density at radius 2 is 1.62 bits per heavy atom. The number of alkyl halides is 3. The van der Waals surface area contributed by atoms with Gasteiger partial charge in [0.05, 0.1) is 11.4 Å². The first-order chi connectivity index (χ1) is 12.3. The van der Waals surface area contributed by atoms with Gasteiger partial charge in [-0.2, -0.15) is 5.10 Å². The maximum Gasteiger partial charge on any atom is 0.573 e. The Bertz CT molecular complexity index is 875. The van der Waals surface area contributed by atoms with E-state index in [4.69, 9.17) is 4.74 Å². The molecule has 0 spiro atoms. The number of nitrogens with zero attached hydrogens (tertiary/aromatic N) is 2. The van der Waals surface area contributed by atoms with E-state index in [0.717, 1.165) is 21.4 Å². The second-order valence-corrected chi connectivity index (χ2v) is 6.37. The smallest absolute Gasteiger partial charge is 0.487 e. The maximum atomic E-state index is 12.2. The average Bonchev–Trinajstić information content (AvgIpc) is 2.94. The van der Waals surface area contributed by atoms with Gasteiger partial charge in [-0.25, -0.2) is 0 Å². The molecule has 3 aromatic rings. The zero-order valence-corrected chi connectivity index (χ0v) is 15.2. The van der Waals surface area contributed by atoms with E-state index in [0.29, 0.717) is 5.75 Å². The largest absolute Gasteiger partial charge is 0.573 e. The fourth-order valence-electron chi connectivity index (χ4n) is 2.30. The van der Waals surface area contributed by atoms with E-state index >= 15 is 0 Å². The second kappa shape index (κ2) is 7.41. The quantitative estimate of drug-likeness (QED) is 0.553. The van der Waals surface area contributed by atoms with Crippen molar-refractivity contribution in [1.82, 2.24) is 9.78 Å². The van der Waals surface area contributed by atoms with E-state index in [1.807, 2.05) is 30.3 Å². The highest BCUT2D eigenvalue weighted by atomic mass is 79.9. The van der Waals surface area contributed by atoms with Crippen LogP contribution in [-0.2, 0) is 13.7 Å². The Hall–Kier alpha value is -2.48. The van der Waals surface area contributed by atoms with Crippen LogP contribution < -0.4 is 9.47 Å². The van der Waals surface area contributed by atoms with Crippen molar-refractivity contribution in [3.8, 4) is 22.8 Å². The number of aromatic nitrogens is 2. The lowest BCUT2D eigenvalue weighted by Gasteiger charge is -2.10. The number of hydrogen-bond donors (Lipinski definition) is 0. The Labute approximate surface area is 156 Å². The zero-order valence-electron chi connectivity index (χ0n) is 13.6. The summed E-state index contributed by atoms with van der Waals surface area (Å²) in [5.41, 5.74) is 2.62. The van der Waals surface area contributed by atoms with Crippen molar-refractivity contribution in [2.45, 2.75) is 13.0 Å². The van der Waals surface area contributed by atoms with Crippen molar-refractivity contribution in [1.29, 1.82) is 0 Å². The van der Waals surface area contributed by atoms with Crippen molar-refractivity contribution in [3.05, 3.63) is 64.8 Å². The molecule has 0 aliphatic carbocycles. The highest BCUT2D eigenvalue weighted by Crippen LogP contribution is 2.26. The van der Waals surface area contributed by atoms with Gasteiger partial charge in [0.15, 0.2) is 0 Å². The molecule has 0 fully saturated rings. The number of hydrogen-bond acceptors (Lipinski definition) is 3. The van der Waals surface area contributed by atoms with Crippen LogP contribution in [0, 0.1) is 0 Å². The minimum atomic E-state index is -4.71. The zero-order chi connectivity index (χ0) is 18.7. The molecule has 0 saturated heterocycles.